The number of carbonyl (C=O) groups excluding carboxylic acids is 2. The maximum absolute atomic E-state index is 12.9. The van der Waals surface area contributed by atoms with E-state index in [-0.39, 0.29) is 18.2 Å². The molecule has 0 bridgehead atoms. The molecular formula is C20H19ClN2O2. The highest BCUT2D eigenvalue weighted by molar-refractivity contribution is 6.31. The van der Waals surface area contributed by atoms with Crippen molar-refractivity contribution in [3.8, 4) is 0 Å². The zero-order chi connectivity index (χ0) is 17.6. The van der Waals surface area contributed by atoms with Crippen LogP contribution in [0.5, 0.6) is 0 Å². The van der Waals surface area contributed by atoms with Gasteiger partial charge in [-0.3, -0.25) is 9.59 Å². The average Bonchev–Trinajstić information content (AvgIpc) is 3.16. The zero-order valence-electron chi connectivity index (χ0n) is 14.0. The SMILES string of the molecule is CN1C(=O)[C@]2(CCN(C(=O)Cc3ccccc3Cl)C2)c2ccccc21. The first-order chi connectivity index (χ1) is 12.0. The maximum atomic E-state index is 12.9. The number of anilines is 1. The first-order valence-corrected chi connectivity index (χ1v) is 8.79. The van der Waals surface area contributed by atoms with Crippen molar-refractivity contribution < 1.29 is 9.59 Å². The summed E-state index contributed by atoms with van der Waals surface area (Å²) in [5.74, 6) is 0.103. The van der Waals surface area contributed by atoms with Crippen molar-refractivity contribution in [3.05, 3.63) is 64.7 Å². The second kappa shape index (κ2) is 5.88. The smallest absolute Gasteiger partial charge is 0.239 e. The quantitative estimate of drug-likeness (QED) is 0.831. The Kier molecular flexibility index (Phi) is 3.80. The van der Waals surface area contributed by atoms with E-state index in [1.165, 1.54) is 0 Å². The molecule has 1 saturated heterocycles. The van der Waals surface area contributed by atoms with Crippen LogP contribution in [0.15, 0.2) is 48.5 Å². The van der Waals surface area contributed by atoms with Crippen molar-refractivity contribution in [2.45, 2.75) is 18.3 Å². The molecule has 1 spiro atoms. The normalized spacial score (nSPS) is 21.9. The van der Waals surface area contributed by atoms with Crippen LogP contribution in [0.3, 0.4) is 0 Å². The van der Waals surface area contributed by atoms with Gasteiger partial charge in [0.1, 0.15) is 0 Å². The van der Waals surface area contributed by atoms with Gasteiger partial charge in [-0.15, -0.1) is 0 Å². The molecular weight excluding hydrogens is 336 g/mol. The summed E-state index contributed by atoms with van der Waals surface area (Å²) in [7, 11) is 1.81. The lowest BCUT2D eigenvalue weighted by molar-refractivity contribution is -0.130. The molecule has 2 aromatic rings. The summed E-state index contributed by atoms with van der Waals surface area (Å²) in [4.78, 5) is 29.2. The Morgan fingerprint density at radius 1 is 1.16 bits per heavy atom. The van der Waals surface area contributed by atoms with Gasteiger partial charge in [0.2, 0.25) is 11.8 Å². The summed E-state index contributed by atoms with van der Waals surface area (Å²) in [6, 6.07) is 15.3. The Labute approximate surface area is 152 Å². The zero-order valence-corrected chi connectivity index (χ0v) is 14.8. The van der Waals surface area contributed by atoms with E-state index < -0.39 is 5.41 Å². The molecule has 0 N–H and O–H groups in total. The number of fused-ring (bicyclic) bond motifs is 2. The third kappa shape index (κ3) is 2.44. The molecule has 1 fully saturated rings. The standard InChI is InChI=1S/C20H19ClN2O2/c1-22-17-9-5-3-7-15(17)20(19(22)25)10-11-23(13-20)18(24)12-14-6-2-4-8-16(14)21/h2-9H,10-13H2,1H3/t20-/m0/s1. The molecule has 2 aliphatic heterocycles. The second-order valence-electron chi connectivity index (χ2n) is 6.80. The Balaban J connectivity index is 1.58. The fraction of sp³-hybridized carbons (Fsp3) is 0.300. The summed E-state index contributed by atoms with van der Waals surface area (Å²) in [6.07, 6.45) is 0.933. The number of carbonyl (C=O) groups is 2. The van der Waals surface area contributed by atoms with Crippen molar-refractivity contribution in [2.24, 2.45) is 0 Å². The van der Waals surface area contributed by atoms with Crippen molar-refractivity contribution >= 4 is 29.1 Å². The summed E-state index contributed by atoms with van der Waals surface area (Å²) < 4.78 is 0. The van der Waals surface area contributed by atoms with Crippen LogP contribution in [0.25, 0.3) is 0 Å². The number of halogens is 1. The number of benzene rings is 2. The number of rotatable bonds is 2. The van der Waals surface area contributed by atoms with Gasteiger partial charge in [-0.05, 0) is 29.7 Å². The Hall–Kier alpha value is -2.33. The highest BCUT2D eigenvalue weighted by atomic mass is 35.5. The van der Waals surface area contributed by atoms with E-state index >= 15 is 0 Å². The predicted octanol–water partition coefficient (Wildman–Crippen LogP) is 3.03. The molecule has 0 aliphatic carbocycles. The van der Waals surface area contributed by atoms with Gasteiger partial charge in [0.05, 0.1) is 11.8 Å². The molecule has 4 rings (SSSR count). The van der Waals surface area contributed by atoms with Crippen molar-refractivity contribution in [2.75, 3.05) is 25.0 Å². The molecule has 2 amide bonds. The topological polar surface area (TPSA) is 40.6 Å². The second-order valence-corrected chi connectivity index (χ2v) is 7.20. The number of likely N-dealkylation sites (tertiary alicyclic amines) is 1. The Morgan fingerprint density at radius 2 is 1.88 bits per heavy atom. The van der Waals surface area contributed by atoms with E-state index in [1.807, 2.05) is 49.5 Å². The number of nitrogens with zero attached hydrogens (tertiary/aromatic N) is 2. The Bertz CT molecular complexity index is 866. The lowest BCUT2D eigenvalue weighted by Gasteiger charge is -2.23. The summed E-state index contributed by atoms with van der Waals surface area (Å²) in [5, 5.41) is 0.604. The average molecular weight is 355 g/mol. The molecule has 128 valence electrons. The van der Waals surface area contributed by atoms with Crippen molar-refractivity contribution in [3.63, 3.8) is 0 Å². The monoisotopic (exact) mass is 354 g/mol. The van der Waals surface area contributed by atoms with Crippen LogP contribution in [0.4, 0.5) is 5.69 Å². The fourth-order valence-corrected chi connectivity index (χ4v) is 4.25. The third-order valence-corrected chi connectivity index (χ3v) is 5.79. The van der Waals surface area contributed by atoms with Crippen molar-refractivity contribution in [1.82, 2.24) is 4.90 Å². The number of likely N-dealkylation sites (N-methyl/N-ethyl adjacent to an activating group) is 1. The van der Waals surface area contributed by atoms with Gasteiger partial charge in [0.15, 0.2) is 0 Å². The van der Waals surface area contributed by atoms with Crippen LogP contribution in [-0.4, -0.2) is 36.9 Å². The van der Waals surface area contributed by atoms with Gasteiger partial charge in [-0.2, -0.15) is 0 Å². The lowest BCUT2D eigenvalue weighted by atomic mass is 9.81. The molecule has 0 radical (unpaired) electrons. The van der Waals surface area contributed by atoms with Crippen LogP contribution in [0.1, 0.15) is 17.5 Å². The molecule has 4 nitrogen and oxygen atoms in total. The van der Waals surface area contributed by atoms with Crippen molar-refractivity contribution in [1.29, 1.82) is 0 Å². The Morgan fingerprint density at radius 3 is 2.68 bits per heavy atom. The minimum Gasteiger partial charge on any atom is -0.341 e. The largest absolute Gasteiger partial charge is 0.341 e. The highest BCUT2D eigenvalue weighted by Gasteiger charge is 2.54. The van der Waals surface area contributed by atoms with E-state index in [9.17, 15) is 9.59 Å². The van der Waals surface area contributed by atoms with Gasteiger partial charge in [-0.1, -0.05) is 48.0 Å². The minimum atomic E-state index is -0.596. The van der Waals surface area contributed by atoms with Gasteiger partial charge in [-0.25, -0.2) is 0 Å². The summed E-state index contributed by atoms with van der Waals surface area (Å²) in [6.45, 7) is 1.04. The number of para-hydroxylation sites is 1. The van der Waals surface area contributed by atoms with Crippen LogP contribution >= 0.6 is 11.6 Å². The summed E-state index contributed by atoms with van der Waals surface area (Å²) >= 11 is 6.17. The molecule has 2 heterocycles. The maximum Gasteiger partial charge on any atom is 0.239 e. The lowest BCUT2D eigenvalue weighted by Crippen LogP contribution is -2.42. The van der Waals surface area contributed by atoms with E-state index in [2.05, 4.69) is 0 Å². The molecule has 2 aliphatic rings. The minimum absolute atomic E-state index is 0.0183. The number of amides is 2. The van der Waals surface area contributed by atoms with E-state index in [0.717, 1.165) is 16.8 Å². The van der Waals surface area contributed by atoms with Gasteiger partial charge in [0, 0.05) is 30.8 Å². The first kappa shape index (κ1) is 16.2. The molecule has 1 atom stereocenters. The van der Waals surface area contributed by atoms with E-state index in [1.54, 1.807) is 15.9 Å². The third-order valence-electron chi connectivity index (χ3n) is 5.42. The number of hydrogen-bond acceptors (Lipinski definition) is 2. The molecule has 2 aromatic carbocycles. The van der Waals surface area contributed by atoms with E-state index in [4.69, 9.17) is 11.6 Å². The van der Waals surface area contributed by atoms with Gasteiger partial charge in [0.25, 0.3) is 0 Å². The molecule has 0 unspecified atom stereocenters. The van der Waals surface area contributed by atoms with Crippen LogP contribution in [0.2, 0.25) is 5.02 Å². The molecule has 0 saturated carbocycles. The molecule has 25 heavy (non-hydrogen) atoms. The first-order valence-electron chi connectivity index (χ1n) is 8.42. The van der Waals surface area contributed by atoms with Gasteiger partial charge < -0.3 is 9.80 Å². The van der Waals surface area contributed by atoms with Crippen LogP contribution in [0, 0.1) is 0 Å². The van der Waals surface area contributed by atoms with Gasteiger partial charge >= 0.3 is 0 Å². The molecule has 0 aromatic heterocycles. The molecule has 5 heteroatoms. The number of hydrogen-bond donors (Lipinski definition) is 0. The van der Waals surface area contributed by atoms with Crippen LogP contribution in [-0.2, 0) is 21.4 Å². The van der Waals surface area contributed by atoms with E-state index in [0.29, 0.717) is 24.5 Å². The predicted molar refractivity (Wildman–Crippen MR) is 97.9 cm³/mol. The summed E-state index contributed by atoms with van der Waals surface area (Å²) in [5.41, 5.74) is 2.22. The van der Waals surface area contributed by atoms with Crippen LogP contribution < -0.4 is 4.90 Å². The fourth-order valence-electron chi connectivity index (χ4n) is 4.05. The highest BCUT2D eigenvalue weighted by Crippen LogP contribution is 2.46.